The Morgan fingerprint density at radius 1 is 0.446 bits per heavy atom. The molecule has 10 rings (SSSR count). The minimum Gasteiger partial charge on any atom is -0.309 e. The van der Waals surface area contributed by atoms with Crippen molar-refractivity contribution in [3.05, 3.63) is 188 Å². The molecule has 0 spiro atoms. The van der Waals surface area contributed by atoms with E-state index in [2.05, 4.69) is 115 Å². The Kier molecular flexibility index (Phi) is 8.24. The summed E-state index contributed by atoms with van der Waals surface area (Å²) in [5, 5.41) is 3.38. The van der Waals surface area contributed by atoms with Crippen molar-refractivity contribution in [2.24, 2.45) is 0 Å². The Labute approximate surface area is 328 Å². The average Bonchev–Trinajstić information content (AvgIpc) is 3.86. The van der Waals surface area contributed by atoms with Crippen LogP contribution < -0.4 is 0 Å². The molecule has 0 aliphatic heterocycles. The smallest absolute Gasteiger partial charge is 0.164 e. The minimum absolute atomic E-state index is 0.619. The van der Waals surface area contributed by atoms with Crippen LogP contribution in [0.15, 0.2) is 177 Å². The van der Waals surface area contributed by atoms with Gasteiger partial charge in [0.15, 0.2) is 17.5 Å². The lowest BCUT2D eigenvalue weighted by molar-refractivity contribution is 1.07. The van der Waals surface area contributed by atoms with E-state index in [1.54, 1.807) is 11.3 Å². The number of nitrogens with zero attached hydrogens (tertiary/aromatic N) is 5. The van der Waals surface area contributed by atoms with E-state index in [1.807, 2.05) is 78.9 Å². The first kappa shape index (κ1) is 33.3. The Balaban J connectivity index is 1.06. The van der Waals surface area contributed by atoms with Crippen LogP contribution in [0.2, 0.25) is 0 Å². The molecule has 56 heavy (non-hydrogen) atoms. The number of para-hydroxylation sites is 2. The molecule has 0 fully saturated rings. The second kappa shape index (κ2) is 13.9. The molecule has 10 aromatic rings. The molecule has 7 aromatic carbocycles. The summed E-state index contributed by atoms with van der Waals surface area (Å²) >= 11 is 1.72. The highest BCUT2D eigenvalue weighted by Crippen LogP contribution is 2.40. The lowest BCUT2D eigenvalue weighted by Crippen LogP contribution is -2.01. The number of aromatic nitrogens is 5. The van der Waals surface area contributed by atoms with Crippen molar-refractivity contribution < 1.29 is 0 Å². The van der Waals surface area contributed by atoms with E-state index in [9.17, 15) is 0 Å². The van der Waals surface area contributed by atoms with E-state index in [4.69, 9.17) is 19.9 Å². The maximum atomic E-state index is 4.96. The van der Waals surface area contributed by atoms with Crippen LogP contribution in [0.3, 0.4) is 0 Å². The molecule has 0 saturated carbocycles. The van der Waals surface area contributed by atoms with Gasteiger partial charge in [-0.25, -0.2) is 19.9 Å². The van der Waals surface area contributed by atoms with Crippen LogP contribution in [0.4, 0.5) is 0 Å². The normalized spacial score (nSPS) is 11.4. The van der Waals surface area contributed by atoms with Crippen LogP contribution in [0, 0.1) is 0 Å². The summed E-state index contributed by atoms with van der Waals surface area (Å²) in [4.78, 5) is 19.7. The maximum absolute atomic E-state index is 4.96. The number of fused-ring (bicyclic) bond motifs is 4. The van der Waals surface area contributed by atoms with Gasteiger partial charge in [0.1, 0.15) is 5.01 Å². The highest BCUT2D eigenvalue weighted by atomic mass is 32.1. The van der Waals surface area contributed by atoms with Gasteiger partial charge in [0, 0.05) is 38.6 Å². The third kappa shape index (κ3) is 5.72. The zero-order chi connectivity index (χ0) is 37.6. The number of thiazole rings is 1. The average molecular weight is 736 g/mol. The first-order valence-corrected chi connectivity index (χ1v) is 19.3. The molecule has 3 aromatic heterocycles. The Morgan fingerprint density at radius 3 is 1.66 bits per heavy atom. The van der Waals surface area contributed by atoms with Gasteiger partial charge in [-0.3, -0.25) is 0 Å². The zero-order valence-electron chi connectivity index (χ0n) is 30.3. The first-order valence-electron chi connectivity index (χ1n) is 18.5. The summed E-state index contributed by atoms with van der Waals surface area (Å²) in [6.45, 7) is 8.60. The Bertz CT molecular complexity index is 3020. The Hall–Kier alpha value is -7.28. The van der Waals surface area contributed by atoms with Crippen LogP contribution in [-0.4, -0.2) is 24.5 Å². The molecule has 5 nitrogen and oxygen atoms in total. The van der Waals surface area contributed by atoms with Crippen LogP contribution >= 0.6 is 11.3 Å². The van der Waals surface area contributed by atoms with Gasteiger partial charge in [0.25, 0.3) is 0 Å². The standard InChI is InChI=1S/C50H33N5S/c1-3-37-38(4-2)44(55-43-21-13-11-19-40(43)41-31-36(27-29-45(41)55)50-51-42-20-12-14-22-46(42)56-50)30-28-39(37)32-23-25-35(26-24-32)49-53-47(33-15-7-5-8-16-33)52-48(54-49)34-17-9-6-10-18-34/h3-31H,1-2H2. The predicted molar refractivity (Wildman–Crippen MR) is 235 cm³/mol. The van der Waals surface area contributed by atoms with Crippen molar-refractivity contribution in [3.8, 4) is 61.5 Å². The summed E-state index contributed by atoms with van der Waals surface area (Å²) in [6, 6.07) is 56.5. The summed E-state index contributed by atoms with van der Waals surface area (Å²) in [6.07, 6.45) is 3.88. The van der Waals surface area contributed by atoms with Gasteiger partial charge in [-0.05, 0) is 59.2 Å². The van der Waals surface area contributed by atoms with Crippen molar-refractivity contribution in [1.29, 1.82) is 0 Å². The summed E-state index contributed by atoms with van der Waals surface area (Å²) in [5.74, 6) is 1.89. The van der Waals surface area contributed by atoms with Crippen LogP contribution in [-0.2, 0) is 0 Å². The van der Waals surface area contributed by atoms with Gasteiger partial charge >= 0.3 is 0 Å². The quantitative estimate of drug-likeness (QED) is 0.156. The van der Waals surface area contributed by atoms with E-state index in [-0.39, 0.29) is 0 Å². The lowest BCUT2D eigenvalue weighted by Gasteiger charge is -2.17. The second-order valence-electron chi connectivity index (χ2n) is 13.6. The van der Waals surface area contributed by atoms with Gasteiger partial charge in [-0.2, -0.15) is 0 Å². The molecule has 0 radical (unpaired) electrons. The molecule has 0 saturated heterocycles. The number of hydrogen-bond acceptors (Lipinski definition) is 5. The van der Waals surface area contributed by atoms with E-state index >= 15 is 0 Å². The molecule has 0 N–H and O–H groups in total. The molecule has 6 heteroatoms. The van der Waals surface area contributed by atoms with Crippen LogP contribution in [0.25, 0.3) is 106 Å². The molecule has 264 valence electrons. The van der Waals surface area contributed by atoms with E-state index in [0.29, 0.717) is 17.5 Å². The van der Waals surface area contributed by atoms with E-state index in [1.165, 1.54) is 15.5 Å². The first-order chi connectivity index (χ1) is 27.7. The fraction of sp³-hybridized carbons (Fsp3) is 0. The second-order valence-corrected chi connectivity index (χ2v) is 14.6. The zero-order valence-corrected chi connectivity index (χ0v) is 31.1. The highest BCUT2D eigenvalue weighted by Gasteiger charge is 2.19. The van der Waals surface area contributed by atoms with Gasteiger partial charge in [0.05, 0.1) is 26.9 Å². The lowest BCUT2D eigenvalue weighted by atomic mass is 9.93. The molecule has 0 atom stereocenters. The van der Waals surface area contributed by atoms with Gasteiger partial charge < -0.3 is 4.57 Å². The fourth-order valence-electron chi connectivity index (χ4n) is 7.60. The summed E-state index contributed by atoms with van der Waals surface area (Å²) in [7, 11) is 0. The van der Waals surface area contributed by atoms with Crippen molar-refractivity contribution in [3.63, 3.8) is 0 Å². The van der Waals surface area contributed by atoms with E-state index < -0.39 is 0 Å². The third-order valence-electron chi connectivity index (χ3n) is 10.3. The fourth-order valence-corrected chi connectivity index (χ4v) is 8.57. The molecular weight excluding hydrogens is 703 g/mol. The highest BCUT2D eigenvalue weighted by molar-refractivity contribution is 7.21. The molecule has 0 bridgehead atoms. The Morgan fingerprint density at radius 2 is 1.00 bits per heavy atom. The molecule has 0 aliphatic carbocycles. The largest absolute Gasteiger partial charge is 0.309 e. The van der Waals surface area contributed by atoms with Crippen molar-refractivity contribution in [2.75, 3.05) is 0 Å². The predicted octanol–water partition coefficient (Wildman–Crippen LogP) is 13.2. The van der Waals surface area contributed by atoms with Gasteiger partial charge in [-0.1, -0.05) is 147 Å². The summed E-state index contributed by atoms with van der Waals surface area (Å²) < 4.78 is 3.53. The number of rotatable bonds is 8. The van der Waals surface area contributed by atoms with E-state index in [0.717, 1.165) is 71.8 Å². The van der Waals surface area contributed by atoms with Crippen molar-refractivity contribution in [1.82, 2.24) is 24.5 Å². The molecule has 3 heterocycles. The van der Waals surface area contributed by atoms with Gasteiger partial charge in [-0.15, -0.1) is 11.3 Å². The third-order valence-corrected chi connectivity index (χ3v) is 11.4. The maximum Gasteiger partial charge on any atom is 0.164 e. The minimum atomic E-state index is 0.619. The molecule has 0 unspecified atom stereocenters. The SMILES string of the molecule is C=Cc1c(-c2ccc(-c3nc(-c4ccccc4)nc(-c4ccccc4)n3)cc2)ccc(-n2c3ccccc3c3cc(-c4nc5ccccc5s4)ccc32)c1C=C. The topological polar surface area (TPSA) is 56.5 Å². The summed E-state index contributed by atoms with van der Waals surface area (Å²) in [5.41, 5.74) is 12.4. The van der Waals surface area contributed by atoms with Gasteiger partial charge in [0.2, 0.25) is 0 Å². The monoisotopic (exact) mass is 735 g/mol. The van der Waals surface area contributed by atoms with Crippen LogP contribution in [0.1, 0.15) is 11.1 Å². The van der Waals surface area contributed by atoms with Crippen molar-refractivity contribution in [2.45, 2.75) is 0 Å². The molecular formula is C50H33N5S. The van der Waals surface area contributed by atoms with Crippen LogP contribution in [0.5, 0.6) is 0 Å². The number of hydrogen-bond donors (Lipinski definition) is 0. The number of benzene rings is 7. The van der Waals surface area contributed by atoms with Crippen molar-refractivity contribution >= 4 is 55.5 Å². The molecule has 0 aliphatic rings. The molecule has 0 amide bonds.